The van der Waals surface area contributed by atoms with E-state index < -0.39 is 6.10 Å². The van der Waals surface area contributed by atoms with Crippen molar-refractivity contribution in [2.45, 2.75) is 25.4 Å². The quantitative estimate of drug-likeness (QED) is 0.381. The molecule has 4 rings (SSSR count). The molecule has 0 amide bonds. The van der Waals surface area contributed by atoms with Gasteiger partial charge < -0.3 is 9.15 Å². The summed E-state index contributed by atoms with van der Waals surface area (Å²) in [6.07, 6.45) is -0.410. The number of esters is 1. The Bertz CT molecular complexity index is 1040. The molecule has 0 aliphatic heterocycles. The summed E-state index contributed by atoms with van der Waals surface area (Å²) in [4.78, 5) is 12.7. The van der Waals surface area contributed by atoms with E-state index in [1.54, 1.807) is 6.92 Å². The normalized spacial score (nSPS) is 11.9. The van der Waals surface area contributed by atoms with Crippen LogP contribution in [-0.2, 0) is 9.53 Å². The van der Waals surface area contributed by atoms with Crippen LogP contribution in [0.5, 0.6) is 0 Å². The molecule has 3 aromatic carbocycles. The fraction of sp³-hybridized carbons (Fsp3) is 0.160. The van der Waals surface area contributed by atoms with Gasteiger partial charge in [-0.05, 0) is 30.2 Å². The van der Waals surface area contributed by atoms with Crippen LogP contribution in [-0.4, -0.2) is 16.2 Å². The zero-order valence-corrected chi connectivity index (χ0v) is 16.6. The third kappa shape index (κ3) is 4.63. The summed E-state index contributed by atoms with van der Waals surface area (Å²) in [5.41, 5.74) is 2.96. The molecule has 1 atom stereocenters. The van der Waals surface area contributed by atoms with Crippen LogP contribution in [0.2, 0.25) is 0 Å². The Labute approximate surface area is 175 Å². The Morgan fingerprint density at radius 3 is 1.93 bits per heavy atom. The highest BCUT2D eigenvalue weighted by Crippen LogP contribution is 2.29. The lowest BCUT2D eigenvalue weighted by molar-refractivity contribution is -0.149. The second-order valence-electron chi connectivity index (χ2n) is 7.02. The number of hydrogen-bond donors (Lipinski definition) is 0. The lowest BCUT2D eigenvalue weighted by Crippen LogP contribution is -2.14. The maximum absolute atomic E-state index is 12.7. The number of hydrogen-bond acceptors (Lipinski definition) is 5. The molecule has 1 aromatic heterocycles. The first kappa shape index (κ1) is 19.6. The molecular formula is C25H22N2O3. The van der Waals surface area contributed by atoms with E-state index in [0.717, 1.165) is 16.7 Å². The highest BCUT2D eigenvalue weighted by atomic mass is 16.6. The molecule has 1 unspecified atom stereocenters. The molecule has 0 saturated heterocycles. The van der Waals surface area contributed by atoms with Crippen molar-refractivity contribution in [3.63, 3.8) is 0 Å². The van der Waals surface area contributed by atoms with Crippen LogP contribution < -0.4 is 0 Å². The molecule has 30 heavy (non-hydrogen) atoms. The minimum atomic E-state index is -0.630. The summed E-state index contributed by atoms with van der Waals surface area (Å²) in [5, 5.41) is 8.11. The summed E-state index contributed by atoms with van der Waals surface area (Å²) in [6, 6.07) is 29.4. The summed E-state index contributed by atoms with van der Waals surface area (Å²) in [7, 11) is 0. The van der Waals surface area contributed by atoms with Crippen molar-refractivity contribution in [2.24, 2.45) is 0 Å². The Morgan fingerprint density at radius 1 is 0.833 bits per heavy atom. The van der Waals surface area contributed by atoms with E-state index in [1.165, 1.54) is 0 Å². The maximum Gasteiger partial charge on any atom is 0.307 e. The van der Waals surface area contributed by atoms with Gasteiger partial charge in [0.2, 0.25) is 5.89 Å². The first-order chi connectivity index (χ1) is 14.7. The number of aromatic nitrogens is 2. The van der Waals surface area contributed by atoms with Crippen molar-refractivity contribution in [3.05, 3.63) is 108 Å². The van der Waals surface area contributed by atoms with E-state index in [1.807, 2.05) is 91.0 Å². The third-order valence-electron chi connectivity index (χ3n) is 4.89. The number of carbonyl (C=O) groups excluding carboxylic acids is 1. The third-order valence-corrected chi connectivity index (χ3v) is 4.89. The van der Waals surface area contributed by atoms with Crippen LogP contribution in [0.15, 0.2) is 95.4 Å². The molecule has 0 saturated carbocycles. The molecule has 1 heterocycles. The monoisotopic (exact) mass is 398 g/mol. The lowest BCUT2D eigenvalue weighted by Gasteiger charge is -2.18. The van der Waals surface area contributed by atoms with E-state index in [4.69, 9.17) is 9.15 Å². The molecule has 5 nitrogen and oxygen atoms in total. The Morgan fingerprint density at radius 2 is 1.37 bits per heavy atom. The molecule has 0 radical (unpaired) electrons. The predicted molar refractivity (Wildman–Crippen MR) is 114 cm³/mol. The Hall–Kier alpha value is -3.73. The molecular weight excluding hydrogens is 376 g/mol. The van der Waals surface area contributed by atoms with Gasteiger partial charge in [0.05, 0.1) is 6.42 Å². The van der Waals surface area contributed by atoms with Gasteiger partial charge in [0.1, 0.15) is 0 Å². The molecule has 0 spiro atoms. The summed E-state index contributed by atoms with van der Waals surface area (Å²) in [6.45, 7) is 1.74. The summed E-state index contributed by atoms with van der Waals surface area (Å²) >= 11 is 0. The van der Waals surface area contributed by atoms with Gasteiger partial charge in [-0.3, -0.25) is 4.79 Å². The fourth-order valence-corrected chi connectivity index (χ4v) is 3.36. The van der Waals surface area contributed by atoms with Crippen molar-refractivity contribution < 1.29 is 13.9 Å². The Kier molecular flexibility index (Phi) is 5.99. The minimum absolute atomic E-state index is 0.0883. The SMILES string of the molecule is CC(OC(=O)CC(c1ccccc1)c1ccccc1)c1nnc(-c2ccccc2)o1. The smallest absolute Gasteiger partial charge is 0.307 e. The average molecular weight is 398 g/mol. The molecule has 4 aromatic rings. The fourth-order valence-electron chi connectivity index (χ4n) is 3.36. The number of ether oxygens (including phenoxy) is 1. The van der Waals surface area contributed by atoms with Gasteiger partial charge in [0.25, 0.3) is 5.89 Å². The Balaban J connectivity index is 1.47. The van der Waals surface area contributed by atoms with Gasteiger partial charge in [-0.15, -0.1) is 10.2 Å². The van der Waals surface area contributed by atoms with Gasteiger partial charge in [-0.1, -0.05) is 78.9 Å². The van der Waals surface area contributed by atoms with Crippen LogP contribution >= 0.6 is 0 Å². The van der Waals surface area contributed by atoms with E-state index in [0.29, 0.717) is 5.89 Å². The molecule has 0 aliphatic rings. The summed E-state index contributed by atoms with van der Waals surface area (Å²) < 4.78 is 11.3. The van der Waals surface area contributed by atoms with E-state index in [9.17, 15) is 4.79 Å². The molecule has 5 heteroatoms. The number of benzene rings is 3. The second-order valence-corrected chi connectivity index (χ2v) is 7.02. The number of nitrogens with zero attached hydrogens (tertiary/aromatic N) is 2. The summed E-state index contributed by atoms with van der Waals surface area (Å²) in [5.74, 6) is 0.271. The van der Waals surface area contributed by atoms with Gasteiger partial charge in [-0.2, -0.15) is 0 Å². The van der Waals surface area contributed by atoms with Crippen LogP contribution in [0.1, 0.15) is 42.4 Å². The van der Waals surface area contributed by atoms with Gasteiger partial charge >= 0.3 is 5.97 Å². The van der Waals surface area contributed by atoms with E-state index in [2.05, 4.69) is 10.2 Å². The lowest BCUT2D eigenvalue weighted by atomic mass is 9.88. The van der Waals surface area contributed by atoms with E-state index >= 15 is 0 Å². The molecule has 150 valence electrons. The standard InChI is InChI=1S/C25H22N2O3/c1-18(24-26-27-25(30-24)21-15-9-4-10-16-21)29-23(28)17-22(19-11-5-2-6-12-19)20-13-7-3-8-14-20/h2-16,18,22H,17H2,1H3. The largest absolute Gasteiger partial charge is 0.453 e. The van der Waals surface area contributed by atoms with Crippen molar-refractivity contribution in [1.82, 2.24) is 10.2 Å². The van der Waals surface area contributed by atoms with Crippen LogP contribution in [0.4, 0.5) is 0 Å². The van der Waals surface area contributed by atoms with Crippen LogP contribution in [0.25, 0.3) is 11.5 Å². The van der Waals surface area contributed by atoms with Crippen molar-refractivity contribution in [1.29, 1.82) is 0 Å². The van der Waals surface area contributed by atoms with Crippen LogP contribution in [0.3, 0.4) is 0 Å². The predicted octanol–water partition coefficient (Wildman–Crippen LogP) is 5.56. The molecule has 0 fully saturated rings. The van der Waals surface area contributed by atoms with E-state index in [-0.39, 0.29) is 24.2 Å². The first-order valence-corrected chi connectivity index (χ1v) is 9.89. The average Bonchev–Trinajstić information content (AvgIpc) is 3.30. The molecule has 0 bridgehead atoms. The number of rotatable bonds is 7. The van der Waals surface area contributed by atoms with Crippen LogP contribution in [0, 0.1) is 0 Å². The number of carbonyl (C=O) groups is 1. The zero-order valence-electron chi connectivity index (χ0n) is 16.6. The van der Waals surface area contributed by atoms with Crippen molar-refractivity contribution in [3.8, 4) is 11.5 Å². The first-order valence-electron chi connectivity index (χ1n) is 9.89. The topological polar surface area (TPSA) is 65.2 Å². The second kappa shape index (κ2) is 9.18. The van der Waals surface area contributed by atoms with Crippen molar-refractivity contribution in [2.75, 3.05) is 0 Å². The van der Waals surface area contributed by atoms with Crippen molar-refractivity contribution >= 4 is 5.97 Å². The van der Waals surface area contributed by atoms with Gasteiger partial charge in [0, 0.05) is 11.5 Å². The zero-order chi connectivity index (χ0) is 20.8. The van der Waals surface area contributed by atoms with Gasteiger partial charge in [-0.25, -0.2) is 0 Å². The highest BCUT2D eigenvalue weighted by Gasteiger charge is 2.23. The minimum Gasteiger partial charge on any atom is -0.453 e. The highest BCUT2D eigenvalue weighted by molar-refractivity contribution is 5.71. The maximum atomic E-state index is 12.7. The van der Waals surface area contributed by atoms with Gasteiger partial charge in [0.15, 0.2) is 6.10 Å². The molecule has 0 N–H and O–H groups in total. The molecule has 0 aliphatic carbocycles.